The van der Waals surface area contributed by atoms with Crippen molar-refractivity contribution in [3.63, 3.8) is 0 Å². The molecule has 3 rings (SSSR count). The second-order valence-corrected chi connectivity index (χ2v) is 6.99. The second kappa shape index (κ2) is 8.68. The quantitative estimate of drug-likeness (QED) is 0.611. The van der Waals surface area contributed by atoms with E-state index >= 15 is 0 Å². The van der Waals surface area contributed by atoms with Crippen LogP contribution in [0.25, 0.3) is 0 Å². The Kier molecular flexibility index (Phi) is 6.08. The first-order valence-corrected chi connectivity index (χ1v) is 9.50. The first-order chi connectivity index (χ1) is 13.1. The summed E-state index contributed by atoms with van der Waals surface area (Å²) in [5.41, 5.74) is 5.40. The maximum atomic E-state index is 12.7. The summed E-state index contributed by atoms with van der Waals surface area (Å²) in [6, 6.07) is 13.1. The van der Waals surface area contributed by atoms with E-state index in [2.05, 4.69) is 4.98 Å². The van der Waals surface area contributed by atoms with Crippen LogP contribution in [0, 0.1) is 6.92 Å². The molecule has 6 heteroatoms. The molecule has 5 nitrogen and oxygen atoms in total. The molecular formula is C21H22N2O3S. The van der Waals surface area contributed by atoms with E-state index in [9.17, 15) is 4.79 Å². The fourth-order valence-electron chi connectivity index (χ4n) is 2.74. The van der Waals surface area contributed by atoms with Crippen molar-refractivity contribution in [2.45, 2.75) is 20.1 Å². The normalized spacial score (nSPS) is 10.5. The van der Waals surface area contributed by atoms with Crippen LogP contribution in [0.3, 0.4) is 0 Å². The molecule has 0 aliphatic heterocycles. The van der Waals surface area contributed by atoms with E-state index in [1.54, 1.807) is 48.8 Å². The lowest BCUT2D eigenvalue weighted by molar-refractivity contribution is 0.0784. The van der Waals surface area contributed by atoms with Gasteiger partial charge in [-0.1, -0.05) is 17.7 Å². The molecule has 0 saturated heterocycles. The van der Waals surface area contributed by atoms with Gasteiger partial charge in [0.05, 0.1) is 18.3 Å². The molecule has 0 spiro atoms. The average molecular weight is 382 g/mol. The Morgan fingerprint density at radius 3 is 2.63 bits per heavy atom. The minimum atomic E-state index is -0.0513. The summed E-state index contributed by atoms with van der Waals surface area (Å²) >= 11 is 1.54. The van der Waals surface area contributed by atoms with E-state index < -0.39 is 0 Å². The number of hydrogen-bond acceptors (Lipinski definition) is 5. The number of amides is 1. The summed E-state index contributed by atoms with van der Waals surface area (Å²) in [5.74, 6) is 1.44. The number of carbonyl (C=O) groups excluding carboxylic acids is 1. The molecule has 1 heterocycles. The fraction of sp³-hybridized carbons (Fsp3) is 0.238. The topological polar surface area (TPSA) is 51.7 Å². The Morgan fingerprint density at radius 2 is 1.96 bits per heavy atom. The SMILES string of the molecule is COc1ccc(C)cc1CN(C)C(=O)c1ccc(OCc2cscn2)cc1. The number of methoxy groups -OCH3 is 1. The summed E-state index contributed by atoms with van der Waals surface area (Å²) in [4.78, 5) is 18.6. The zero-order valence-corrected chi connectivity index (χ0v) is 16.5. The lowest BCUT2D eigenvalue weighted by Gasteiger charge is -2.19. The molecule has 2 aromatic carbocycles. The Morgan fingerprint density at radius 1 is 1.19 bits per heavy atom. The van der Waals surface area contributed by atoms with Gasteiger partial charge in [0.25, 0.3) is 5.91 Å². The minimum Gasteiger partial charge on any atom is -0.496 e. The molecule has 1 amide bonds. The van der Waals surface area contributed by atoms with E-state index in [4.69, 9.17) is 9.47 Å². The molecule has 0 atom stereocenters. The highest BCUT2D eigenvalue weighted by Crippen LogP contribution is 2.22. The highest BCUT2D eigenvalue weighted by Gasteiger charge is 2.14. The monoisotopic (exact) mass is 382 g/mol. The number of ether oxygens (including phenoxy) is 2. The van der Waals surface area contributed by atoms with Crippen molar-refractivity contribution in [2.24, 2.45) is 0 Å². The van der Waals surface area contributed by atoms with Gasteiger partial charge in [-0.25, -0.2) is 4.98 Å². The molecule has 0 saturated carbocycles. The molecule has 27 heavy (non-hydrogen) atoms. The van der Waals surface area contributed by atoms with E-state index in [1.807, 2.05) is 30.5 Å². The third-order valence-corrected chi connectivity index (χ3v) is 4.80. The molecule has 0 aliphatic rings. The van der Waals surface area contributed by atoms with Crippen LogP contribution in [-0.2, 0) is 13.2 Å². The lowest BCUT2D eigenvalue weighted by atomic mass is 10.1. The smallest absolute Gasteiger partial charge is 0.253 e. The van der Waals surface area contributed by atoms with Gasteiger partial charge in [-0.15, -0.1) is 11.3 Å². The van der Waals surface area contributed by atoms with Gasteiger partial charge in [0, 0.05) is 30.1 Å². The van der Waals surface area contributed by atoms with Gasteiger partial charge >= 0.3 is 0 Å². The molecule has 1 aromatic heterocycles. The van der Waals surface area contributed by atoms with Gasteiger partial charge in [0.15, 0.2) is 0 Å². The van der Waals surface area contributed by atoms with E-state index in [1.165, 1.54) is 11.3 Å². The standard InChI is InChI=1S/C21H22N2O3S/c1-15-4-9-20(25-3)17(10-15)11-23(2)21(24)16-5-7-19(8-6-16)26-12-18-13-27-14-22-18/h4-10,13-14H,11-12H2,1-3H3. The minimum absolute atomic E-state index is 0.0513. The summed E-state index contributed by atoms with van der Waals surface area (Å²) in [6.07, 6.45) is 0. The van der Waals surface area contributed by atoms with Gasteiger partial charge in [-0.2, -0.15) is 0 Å². The summed E-state index contributed by atoms with van der Waals surface area (Å²) in [6.45, 7) is 2.92. The lowest BCUT2D eigenvalue weighted by Crippen LogP contribution is -2.26. The van der Waals surface area contributed by atoms with Crippen LogP contribution < -0.4 is 9.47 Å². The predicted octanol–water partition coefficient (Wildman–Crippen LogP) is 4.31. The van der Waals surface area contributed by atoms with Crippen molar-refractivity contribution >= 4 is 17.2 Å². The van der Waals surface area contributed by atoms with Crippen molar-refractivity contribution in [3.8, 4) is 11.5 Å². The number of rotatable bonds is 7. The van der Waals surface area contributed by atoms with E-state index in [0.717, 1.165) is 22.6 Å². The largest absolute Gasteiger partial charge is 0.496 e. The van der Waals surface area contributed by atoms with Gasteiger partial charge < -0.3 is 14.4 Å². The van der Waals surface area contributed by atoms with Crippen molar-refractivity contribution < 1.29 is 14.3 Å². The highest BCUT2D eigenvalue weighted by atomic mass is 32.1. The summed E-state index contributed by atoms with van der Waals surface area (Å²) in [5, 5.41) is 1.95. The average Bonchev–Trinajstić information content (AvgIpc) is 3.20. The molecule has 0 N–H and O–H groups in total. The molecule has 0 unspecified atom stereocenters. The number of carbonyl (C=O) groups is 1. The zero-order chi connectivity index (χ0) is 19.2. The maximum absolute atomic E-state index is 12.7. The first-order valence-electron chi connectivity index (χ1n) is 8.55. The second-order valence-electron chi connectivity index (χ2n) is 6.27. The van der Waals surface area contributed by atoms with E-state index in [0.29, 0.717) is 24.5 Å². The highest BCUT2D eigenvalue weighted by molar-refractivity contribution is 7.07. The van der Waals surface area contributed by atoms with Crippen LogP contribution in [0.2, 0.25) is 0 Å². The van der Waals surface area contributed by atoms with Crippen LogP contribution >= 0.6 is 11.3 Å². The Hall–Kier alpha value is -2.86. The van der Waals surface area contributed by atoms with Crippen molar-refractivity contribution in [1.29, 1.82) is 0 Å². The van der Waals surface area contributed by atoms with Gasteiger partial charge in [-0.05, 0) is 37.3 Å². The predicted molar refractivity (Wildman–Crippen MR) is 106 cm³/mol. The van der Waals surface area contributed by atoms with Crippen LogP contribution in [0.4, 0.5) is 0 Å². The third-order valence-electron chi connectivity index (χ3n) is 4.16. The molecule has 0 bridgehead atoms. The van der Waals surface area contributed by atoms with Crippen molar-refractivity contribution in [1.82, 2.24) is 9.88 Å². The number of thiazole rings is 1. The molecule has 3 aromatic rings. The summed E-state index contributed by atoms with van der Waals surface area (Å²) in [7, 11) is 3.43. The van der Waals surface area contributed by atoms with Crippen molar-refractivity contribution in [2.75, 3.05) is 14.2 Å². The number of aryl methyl sites for hydroxylation is 1. The van der Waals surface area contributed by atoms with E-state index in [-0.39, 0.29) is 5.91 Å². The number of benzene rings is 2. The van der Waals surface area contributed by atoms with Gasteiger partial charge in [0.2, 0.25) is 0 Å². The summed E-state index contributed by atoms with van der Waals surface area (Å²) < 4.78 is 11.1. The van der Waals surface area contributed by atoms with Gasteiger partial charge in [-0.3, -0.25) is 4.79 Å². The van der Waals surface area contributed by atoms with Crippen LogP contribution in [-0.4, -0.2) is 29.9 Å². The van der Waals surface area contributed by atoms with Crippen LogP contribution in [0.1, 0.15) is 27.2 Å². The van der Waals surface area contributed by atoms with Crippen LogP contribution in [0.15, 0.2) is 53.4 Å². The Labute approximate surface area is 163 Å². The van der Waals surface area contributed by atoms with Gasteiger partial charge in [0.1, 0.15) is 18.1 Å². The number of nitrogens with zero attached hydrogens (tertiary/aromatic N) is 2. The molecule has 0 aliphatic carbocycles. The fourth-order valence-corrected chi connectivity index (χ4v) is 3.28. The number of hydrogen-bond donors (Lipinski definition) is 0. The third kappa shape index (κ3) is 4.86. The molecule has 0 fully saturated rings. The first kappa shape index (κ1) is 18.9. The van der Waals surface area contributed by atoms with Crippen LogP contribution in [0.5, 0.6) is 11.5 Å². The molecular weight excluding hydrogens is 360 g/mol. The number of aromatic nitrogens is 1. The maximum Gasteiger partial charge on any atom is 0.253 e. The Bertz CT molecular complexity index is 892. The Balaban J connectivity index is 1.63. The molecule has 140 valence electrons. The van der Waals surface area contributed by atoms with Crippen molar-refractivity contribution in [3.05, 3.63) is 75.7 Å². The molecule has 0 radical (unpaired) electrons. The zero-order valence-electron chi connectivity index (χ0n) is 15.6.